The second-order valence-electron chi connectivity index (χ2n) is 4.77. The molecule has 0 spiro atoms. The van der Waals surface area contributed by atoms with Gasteiger partial charge in [0.1, 0.15) is 0 Å². The molecule has 0 saturated carbocycles. The van der Waals surface area contributed by atoms with E-state index in [1.165, 1.54) is 0 Å². The molecule has 1 aromatic rings. The lowest BCUT2D eigenvalue weighted by molar-refractivity contribution is -0.119. The molecule has 0 atom stereocenters. The number of nitrogens with zero attached hydrogens (tertiary/aromatic N) is 1. The molecule has 1 amide bonds. The first-order valence-corrected chi connectivity index (χ1v) is 6.13. The van der Waals surface area contributed by atoms with Crippen molar-refractivity contribution >= 4 is 11.9 Å². The molecular weight excluding hydrogens is 226 g/mol. The van der Waals surface area contributed by atoms with E-state index < -0.39 is 0 Å². The van der Waals surface area contributed by atoms with Crippen LogP contribution in [-0.2, 0) is 11.2 Å². The first kappa shape index (κ1) is 14.2. The number of aryl methyl sites for hydroxylation is 1. The van der Waals surface area contributed by atoms with Gasteiger partial charge in [-0.25, -0.2) is 0 Å². The van der Waals surface area contributed by atoms with Crippen molar-refractivity contribution in [2.24, 2.45) is 16.6 Å². The molecular formula is C14H21N3O. The molecule has 1 aromatic carbocycles. The summed E-state index contributed by atoms with van der Waals surface area (Å²) in [6, 6.07) is 7.80. The van der Waals surface area contributed by atoms with Gasteiger partial charge < -0.3 is 5.73 Å². The lowest BCUT2D eigenvalue weighted by Crippen LogP contribution is -2.38. The summed E-state index contributed by atoms with van der Waals surface area (Å²) >= 11 is 0. The fraction of sp³-hybridized carbons (Fsp3) is 0.429. The molecule has 0 fully saturated rings. The van der Waals surface area contributed by atoms with Gasteiger partial charge in [0.2, 0.25) is 5.91 Å². The number of amides is 1. The Morgan fingerprint density at radius 3 is 2.67 bits per heavy atom. The Balaban J connectivity index is 2.52. The molecule has 0 aromatic heterocycles. The Bertz CT molecular complexity index is 438. The van der Waals surface area contributed by atoms with E-state index >= 15 is 0 Å². The molecule has 4 heteroatoms. The van der Waals surface area contributed by atoms with Gasteiger partial charge in [-0.05, 0) is 24.0 Å². The van der Waals surface area contributed by atoms with Gasteiger partial charge in [0.25, 0.3) is 0 Å². The van der Waals surface area contributed by atoms with E-state index in [1.54, 1.807) is 0 Å². The number of nitrogens with two attached hydrogens (primary N) is 1. The van der Waals surface area contributed by atoms with Gasteiger partial charge in [0.05, 0.1) is 6.42 Å². The van der Waals surface area contributed by atoms with Crippen molar-refractivity contribution in [2.45, 2.75) is 27.2 Å². The van der Waals surface area contributed by atoms with Crippen LogP contribution in [-0.4, -0.2) is 18.4 Å². The van der Waals surface area contributed by atoms with Gasteiger partial charge >= 0.3 is 0 Å². The summed E-state index contributed by atoms with van der Waals surface area (Å²) in [4.78, 5) is 15.8. The third-order valence-electron chi connectivity index (χ3n) is 2.51. The van der Waals surface area contributed by atoms with Crippen molar-refractivity contribution in [3.8, 4) is 0 Å². The van der Waals surface area contributed by atoms with E-state index in [9.17, 15) is 4.79 Å². The number of hydrogen-bond donors (Lipinski definition) is 2. The molecule has 1 rings (SSSR count). The number of carbonyl (C=O) groups is 1. The van der Waals surface area contributed by atoms with Gasteiger partial charge in [-0.15, -0.1) is 0 Å². The molecule has 0 bridgehead atoms. The Kier molecular flexibility index (Phi) is 5.36. The number of nitrogens with one attached hydrogen (secondary N) is 1. The number of hydrogen-bond acceptors (Lipinski definition) is 2. The predicted octanol–water partition coefficient (Wildman–Crippen LogP) is 1.62. The second kappa shape index (κ2) is 6.79. The van der Waals surface area contributed by atoms with Gasteiger partial charge in [0, 0.05) is 6.54 Å². The van der Waals surface area contributed by atoms with Crippen LogP contribution in [0.2, 0.25) is 0 Å². The summed E-state index contributed by atoms with van der Waals surface area (Å²) in [5, 5.41) is 2.60. The van der Waals surface area contributed by atoms with Crippen molar-refractivity contribution < 1.29 is 4.79 Å². The highest BCUT2D eigenvalue weighted by molar-refractivity contribution is 5.97. The monoisotopic (exact) mass is 247 g/mol. The third-order valence-corrected chi connectivity index (χ3v) is 2.51. The fourth-order valence-corrected chi connectivity index (χ4v) is 1.49. The quantitative estimate of drug-likeness (QED) is 0.627. The van der Waals surface area contributed by atoms with Crippen LogP contribution in [0.5, 0.6) is 0 Å². The molecule has 0 heterocycles. The zero-order valence-corrected chi connectivity index (χ0v) is 11.2. The lowest BCUT2D eigenvalue weighted by Gasteiger charge is -2.07. The van der Waals surface area contributed by atoms with Crippen molar-refractivity contribution in [3.63, 3.8) is 0 Å². The Labute approximate surface area is 108 Å². The van der Waals surface area contributed by atoms with Crippen molar-refractivity contribution in [2.75, 3.05) is 6.54 Å². The zero-order valence-electron chi connectivity index (χ0n) is 11.2. The fourth-order valence-electron chi connectivity index (χ4n) is 1.49. The van der Waals surface area contributed by atoms with Crippen LogP contribution < -0.4 is 11.1 Å². The van der Waals surface area contributed by atoms with Crippen LogP contribution in [0.15, 0.2) is 29.3 Å². The lowest BCUT2D eigenvalue weighted by atomic mass is 10.1. The van der Waals surface area contributed by atoms with Crippen LogP contribution in [0.1, 0.15) is 25.0 Å². The van der Waals surface area contributed by atoms with Crippen LogP contribution >= 0.6 is 0 Å². The van der Waals surface area contributed by atoms with Crippen LogP contribution in [0, 0.1) is 12.8 Å². The Morgan fingerprint density at radius 2 is 2.06 bits per heavy atom. The number of rotatable bonds is 4. The molecule has 0 aliphatic rings. The highest BCUT2D eigenvalue weighted by Crippen LogP contribution is 2.07. The van der Waals surface area contributed by atoms with E-state index in [1.807, 2.05) is 45.0 Å². The average Bonchev–Trinajstić information content (AvgIpc) is 2.29. The summed E-state index contributed by atoms with van der Waals surface area (Å²) in [5.41, 5.74) is 7.74. The number of aliphatic imine (C=N–C) groups is 1. The largest absolute Gasteiger partial charge is 0.370 e. The number of carbonyl (C=O) groups excluding carboxylic acids is 1. The molecule has 0 unspecified atom stereocenters. The molecule has 0 radical (unpaired) electrons. The van der Waals surface area contributed by atoms with E-state index in [0.717, 1.165) is 11.1 Å². The molecule has 4 nitrogen and oxygen atoms in total. The molecule has 0 saturated heterocycles. The zero-order chi connectivity index (χ0) is 13.5. The Morgan fingerprint density at radius 1 is 1.39 bits per heavy atom. The van der Waals surface area contributed by atoms with Gasteiger partial charge in [-0.1, -0.05) is 38.1 Å². The first-order chi connectivity index (χ1) is 8.49. The smallest absolute Gasteiger partial charge is 0.231 e. The summed E-state index contributed by atoms with van der Waals surface area (Å²) in [6.45, 7) is 6.70. The molecule has 3 N–H and O–H groups in total. The van der Waals surface area contributed by atoms with Crippen LogP contribution in [0.3, 0.4) is 0 Å². The van der Waals surface area contributed by atoms with Crippen LogP contribution in [0.25, 0.3) is 0 Å². The normalized spacial score (nSPS) is 11.7. The number of guanidine groups is 1. The van der Waals surface area contributed by atoms with Gasteiger partial charge in [0.15, 0.2) is 5.96 Å². The topological polar surface area (TPSA) is 67.5 Å². The van der Waals surface area contributed by atoms with Gasteiger partial charge in [-0.3, -0.25) is 15.1 Å². The summed E-state index contributed by atoms with van der Waals surface area (Å²) in [7, 11) is 0. The maximum Gasteiger partial charge on any atom is 0.231 e. The predicted molar refractivity (Wildman–Crippen MR) is 74.4 cm³/mol. The van der Waals surface area contributed by atoms with Crippen molar-refractivity contribution in [1.29, 1.82) is 0 Å². The Hall–Kier alpha value is -1.84. The standard InChI is InChI=1S/C14H21N3O/c1-10(2)9-16-14(15)17-13(18)8-12-7-5-4-6-11(12)3/h4-7,10H,8-9H2,1-3H3,(H3,15,16,17,18). The van der Waals surface area contributed by atoms with E-state index in [-0.39, 0.29) is 11.9 Å². The van der Waals surface area contributed by atoms with E-state index in [4.69, 9.17) is 5.73 Å². The summed E-state index contributed by atoms with van der Waals surface area (Å²) in [5.74, 6) is 0.494. The minimum Gasteiger partial charge on any atom is -0.370 e. The third kappa shape index (κ3) is 4.99. The second-order valence-corrected chi connectivity index (χ2v) is 4.77. The number of benzene rings is 1. The van der Waals surface area contributed by atoms with Crippen molar-refractivity contribution in [3.05, 3.63) is 35.4 Å². The minimum absolute atomic E-state index is 0.130. The summed E-state index contributed by atoms with van der Waals surface area (Å²) in [6.07, 6.45) is 0.324. The molecule has 0 aliphatic carbocycles. The van der Waals surface area contributed by atoms with Crippen LogP contribution in [0.4, 0.5) is 0 Å². The maximum atomic E-state index is 11.7. The highest BCUT2D eigenvalue weighted by Gasteiger charge is 2.06. The minimum atomic E-state index is -0.130. The average molecular weight is 247 g/mol. The van der Waals surface area contributed by atoms with Crippen molar-refractivity contribution in [1.82, 2.24) is 5.32 Å². The molecule has 18 heavy (non-hydrogen) atoms. The van der Waals surface area contributed by atoms with E-state index in [0.29, 0.717) is 18.9 Å². The van der Waals surface area contributed by atoms with E-state index in [2.05, 4.69) is 10.3 Å². The molecule has 98 valence electrons. The highest BCUT2D eigenvalue weighted by atomic mass is 16.1. The molecule has 0 aliphatic heterocycles. The first-order valence-electron chi connectivity index (χ1n) is 6.13. The van der Waals surface area contributed by atoms with Gasteiger partial charge in [-0.2, -0.15) is 0 Å². The summed E-state index contributed by atoms with van der Waals surface area (Å²) < 4.78 is 0. The maximum absolute atomic E-state index is 11.7. The SMILES string of the molecule is Cc1ccccc1CC(=O)NC(N)=NCC(C)C.